The number of carbonyl (C=O) groups is 1. The number of likely N-dealkylation sites (tertiary alicyclic amines) is 1. The molecule has 0 atom stereocenters. The van der Waals surface area contributed by atoms with Crippen LogP contribution in [0.5, 0.6) is 0 Å². The number of amides is 1. The van der Waals surface area contributed by atoms with Crippen molar-refractivity contribution >= 4 is 39.1 Å². The minimum Gasteiger partial charge on any atom is -0.352 e. The number of hydrogen-bond donors (Lipinski definition) is 1. The molecule has 9 heteroatoms. The molecular formula is C22H27Cl2N3O3S. The van der Waals surface area contributed by atoms with Gasteiger partial charge in [0.05, 0.1) is 21.5 Å². The van der Waals surface area contributed by atoms with Crippen molar-refractivity contribution < 1.29 is 13.2 Å². The summed E-state index contributed by atoms with van der Waals surface area (Å²) in [6.07, 6.45) is 1.69. The maximum atomic E-state index is 13.4. The van der Waals surface area contributed by atoms with Gasteiger partial charge in [-0.15, -0.1) is 0 Å². The monoisotopic (exact) mass is 483 g/mol. The van der Waals surface area contributed by atoms with Gasteiger partial charge in [0.2, 0.25) is 15.9 Å². The number of nitrogens with zero attached hydrogens (tertiary/aromatic N) is 2. The maximum absolute atomic E-state index is 13.4. The molecule has 0 aliphatic carbocycles. The van der Waals surface area contributed by atoms with E-state index in [4.69, 9.17) is 23.2 Å². The van der Waals surface area contributed by atoms with Crippen LogP contribution < -0.4 is 5.32 Å². The van der Waals surface area contributed by atoms with Gasteiger partial charge in [-0.25, -0.2) is 8.42 Å². The molecule has 1 heterocycles. The summed E-state index contributed by atoms with van der Waals surface area (Å²) in [6, 6.07) is 11.6. The van der Waals surface area contributed by atoms with Crippen LogP contribution in [0.3, 0.4) is 0 Å². The van der Waals surface area contributed by atoms with E-state index in [1.807, 2.05) is 14.0 Å². The van der Waals surface area contributed by atoms with Crippen molar-refractivity contribution in [1.29, 1.82) is 0 Å². The number of nitrogens with one attached hydrogen (secondary N) is 1. The Bertz CT molecular complexity index is 1020. The van der Waals surface area contributed by atoms with Crippen molar-refractivity contribution in [1.82, 2.24) is 14.5 Å². The van der Waals surface area contributed by atoms with Crippen molar-refractivity contribution in [3.8, 4) is 0 Å². The number of carbonyl (C=O) groups excluding carboxylic acids is 1. The van der Waals surface area contributed by atoms with Gasteiger partial charge in [-0.05, 0) is 69.7 Å². The summed E-state index contributed by atoms with van der Waals surface area (Å²) >= 11 is 12.1. The third-order valence-electron chi connectivity index (χ3n) is 5.41. The van der Waals surface area contributed by atoms with Crippen molar-refractivity contribution in [2.45, 2.75) is 37.2 Å². The number of benzene rings is 2. The summed E-state index contributed by atoms with van der Waals surface area (Å²) in [6.45, 7) is 3.43. The van der Waals surface area contributed by atoms with Gasteiger partial charge in [0.1, 0.15) is 0 Å². The number of halogens is 2. The van der Waals surface area contributed by atoms with Crippen LogP contribution in [0.4, 0.5) is 0 Å². The minimum absolute atomic E-state index is 0.00786. The molecule has 1 fully saturated rings. The molecule has 0 bridgehead atoms. The third-order valence-corrected chi connectivity index (χ3v) is 7.95. The largest absolute Gasteiger partial charge is 0.352 e. The van der Waals surface area contributed by atoms with Gasteiger partial charge in [-0.2, -0.15) is 4.31 Å². The van der Waals surface area contributed by atoms with Gasteiger partial charge < -0.3 is 10.2 Å². The average Bonchev–Trinajstić information content (AvgIpc) is 2.72. The van der Waals surface area contributed by atoms with Gasteiger partial charge in [-0.3, -0.25) is 4.79 Å². The topological polar surface area (TPSA) is 69.7 Å². The Morgan fingerprint density at radius 2 is 1.74 bits per heavy atom. The van der Waals surface area contributed by atoms with Crippen molar-refractivity contribution in [2.24, 2.45) is 0 Å². The number of hydrogen-bond acceptors (Lipinski definition) is 4. The van der Waals surface area contributed by atoms with E-state index >= 15 is 0 Å². The van der Waals surface area contributed by atoms with E-state index < -0.39 is 10.0 Å². The van der Waals surface area contributed by atoms with Gasteiger partial charge in [0, 0.05) is 12.6 Å². The lowest BCUT2D eigenvalue weighted by Crippen LogP contribution is -2.47. The summed E-state index contributed by atoms with van der Waals surface area (Å²) in [7, 11) is -1.85. The van der Waals surface area contributed by atoms with Crippen LogP contribution in [-0.4, -0.2) is 56.3 Å². The molecule has 3 rings (SSSR count). The first-order valence-corrected chi connectivity index (χ1v) is 12.3. The molecule has 0 radical (unpaired) electrons. The van der Waals surface area contributed by atoms with E-state index in [0.29, 0.717) is 15.6 Å². The molecule has 1 saturated heterocycles. The highest BCUT2D eigenvalue weighted by Gasteiger charge is 2.28. The highest BCUT2D eigenvalue weighted by molar-refractivity contribution is 7.89. The molecule has 2 aromatic carbocycles. The molecule has 0 spiro atoms. The Morgan fingerprint density at radius 3 is 2.35 bits per heavy atom. The first-order chi connectivity index (χ1) is 14.6. The zero-order chi connectivity index (χ0) is 22.6. The first-order valence-electron chi connectivity index (χ1n) is 10.1. The van der Waals surface area contributed by atoms with E-state index in [2.05, 4.69) is 10.2 Å². The van der Waals surface area contributed by atoms with E-state index in [1.165, 1.54) is 4.31 Å². The smallest absolute Gasteiger partial charge is 0.243 e. The second-order valence-corrected chi connectivity index (χ2v) is 10.7. The summed E-state index contributed by atoms with van der Waals surface area (Å²) < 4.78 is 27.9. The quantitative estimate of drug-likeness (QED) is 0.651. The number of sulfonamides is 1. The molecule has 1 amide bonds. The molecule has 0 aromatic heterocycles. The van der Waals surface area contributed by atoms with Crippen molar-refractivity contribution in [3.05, 3.63) is 63.6 Å². The molecular weight excluding hydrogens is 457 g/mol. The Morgan fingerprint density at radius 1 is 1.10 bits per heavy atom. The molecule has 1 N–H and O–H groups in total. The van der Waals surface area contributed by atoms with E-state index in [0.717, 1.165) is 31.5 Å². The van der Waals surface area contributed by atoms with E-state index in [-0.39, 0.29) is 29.9 Å². The number of piperidine rings is 1. The van der Waals surface area contributed by atoms with Crippen molar-refractivity contribution in [3.63, 3.8) is 0 Å². The van der Waals surface area contributed by atoms with Crippen LogP contribution >= 0.6 is 23.2 Å². The first kappa shape index (κ1) is 24.0. The Kier molecular flexibility index (Phi) is 7.99. The predicted octanol–water partition coefficient (Wildman–Crippen LogP) is 3.70. The number of aryl methyl sites for hydroxylation is 1. The average molecular weight is 484 g/mol. The highest BCUT2D eigenvalue weighted by atomic mass is 35.5. The van der Waals surface area contributed by atoms with Crippen LogP contribution in [0.15, 0.2) is 47.4 Å². The second kappa shape index (κ2) is 10.3. The highest BCUT2D eigenvalue weighted by Crippen LogP contribution is 2.25. The van der Waals surface area contributed by atoms with Crippen LogP contribution in [-0.2, 0) is 21.4 Å². The van der Waals surface area contributed by atoms with Crippen LogP contribution in [0.2, 0.25) is 10.0 Å². The molecule has 1 aliphatic heterocycles. The minimum atomic E-state index is -3.90. The zero-order valence-electron chi connectivity index (χ0n) is 17.6. The third kappa shape index (κ3) is 6.43. The van der Waals surface area contributed by atoms with Gasteiger partial charge in [0.25, 0.3) is 0 Å². The normalized spacial score (nSPS) is 15.9. The van der Waals surface area contributed by atoms with Gasteiger partial charge in [0.15, 0.2) is 0 Å². The summed E-state index contributed by atoms with van der Waals surface area (Å²) in [4.78, 5) is 15.1. The molecule has 168 valence electrons. The predicted molar refractivity (Wildman–Crippen MR) is 124 cm³/mol. The summed E-state index contributed by atoms with van der Waals surface area (Å²) in [5, 5.41) is 3.71. The Balaban J connectivity index is 1.81. The van der Waals surface area contributed by atoms with E-state index in [1.54, 1.807) is 42.5 Å². The van der Waals surface area contributed by atoms with Gasteiger partial charge in [-0.1, -0.05) is 47.0 Å². The fourth-order valence-electron chi connectivity index (χ4n) is 3.51. The Hall–Kier alpha value is -1.64. The molecule has 2 aromatic rings. The van der Waals surface area contributed by atoms with Crippen molar-refractivity contribution in [2.75, 3.05) is 26.7 Å². The fourth-order valence-corrected chi connectivity index (χ4v) is 5.22. The molecule has 31 heavy (non-hydrogen) atoms. The van der Waals surface area contributed by atoms with Gasteiger partial charge >= 0.3 is 0 Å². The molecule has 0 unspecified atom stereocenters. The lowest BCUT2D eigenvalue weighted by atomic mass is 10.1. The Labute approximate surface area is 194 Å². The lowest BCUT2D eigenvalue weighted by molar-refractivity contribution is -0.122. The van der Waals surface area contributed by atoms with Crippen LogP contribution in [0.1, 0.15) is 24.0 Å². The SMILES string of the molecule is Cc1ccc(S(=O)(=O)N(CC(=O)NC2CCN(C)CC2)Cc2ccc(Cl)c(Cl)c2)cc1. The van der Waals surface area contributed by atoms with Crippen LogP contribution in [0.25, 0.3) is 0 Å². The molecule has 6 nitrogen and oxygen atoms in total. The van der Waals surface area contributed by atoms with E-state index in [9.17, 15) is 13.2 Å². The molecule has 1 aliphatic rings. The number of rotatable bonds is 7. The summed E-state index contributed by atoms with van der Waals surface area (Å²) in [5.74, 6) is -0.315. The lowest BCUT2D eigenvalue weighted by Gasteiger charge is -2.30. The fraction of sp³-hybridized carbons (Fsp3) is 0.409. The zero-order valence-corrected chi connectivity index (χ0v) is 20.0. The van der Waals surface area contributed by atoms with Crippen LogP contribution in [0, 0.1) is 6.92 Å². The second-order valence-electron chi connectivity index (χ2n) is 7.98. The maximum Gasteiger partial charge on any atom is 0.243 e. The summed E-state index contributed by atoms with van der Waals surface area (Å²) in [5.41, 5.74) is 1.60. The standard InChI is InChI=1S/C22H27Cl2N3O3S/c1-16-3-6-19(7-4-16)31(29,30)27(14-17-5-8-20(23)21(24)13-17)15-22(28)25-18-9-11-26(2)12-10-18/h3-8,13,18H,9-12,14-15H2,1-2H3,(H,25,28). The molecule has 0 saturated carbocycles.